The summed E-state index contributed by atoms with van der Waals surface area (Å²) in [7, 11) is 3.19. The van der Waals surface area contributed by atoms with Crippen LogP contribution in [0.25, 0.3) is 16.6 Å². The Balaban J connectivity index is 1.21. The van der Waals surface area contributed by atoms with Crippen LogP contribution in [0.2, 0.25) is 0 Å². The largest absolute Gasteiger partial charge is 0.417 e. The van der Waals surface area contributed by atoms with Crippen LogP contribution in [0.5, 0.6) is 0 Å². The number of ether oxygens (including phenoxy) is 1. The normalized spacial score (nSPS) is 18.0. The third-order valence-corrected chi connectivity index (χ3v) is 9.10. The second-order valence-corrected chi connectivity index (χ2v) is 12.3. The smallest absolute Gasteiger partial charge is 0.381 e. The van der Waals surface area contributed by atoms with E-state index < -0.39 is 46.7 Å². The second kappa shape index (κ2) is 13.6. The van der Waals surface area contributed by atoms with Gasteiger partial charge in [-0.1, -0.05) is 12.1 Å². The number of fused-ring (bicyclic) bond motifs is 2. The number of halogens is 5. The van der Waals surface area contributed by atoms with Crippen LogP contribution < -0.4 is 10.6 Å². The number of ketones is 1. The monoisotopic (exact) mass is 680 g/mol. The molecule has 2 amide bonds. The molecule has 2 aromatic carbocycles. The van der Waals surface area contributed by atoms with Crippen molar-refractivity contribution < 1.29 is 41.1 Å². The van der Waals surface area contributed by atoms with Crippen molar-refractivity contribution in [3.05, 3.63) is 106 Å². The van der Waals surface area contributed by atoms with Crippen molar-refractivity contribution >= 4 is 28.8 Å². The maximum Gasteiger partial charge on any atom is 0.417 e. The predicted octanol–water partition coefficient (Wildman–Crippen LogP) is 6.76. The lowest BCUT2D eigenvalue weighted by atomic mass is 9.93. The van der Waals surface area contributed by atoms with E-state index in [9.17, 15) is 27.6 Å². The maximum atomic E-state index is 15.1. The molecule has 6 rings (SSSR count). The first-order chi connectivity index (χ1) is 23.3. The molecular formula is C36H33F5N4O4. The molecule has 0 spiro atoms. The zero-order valence-electron chi connectivity index (χ0n) is 26.7. The molecule has 49 heavy (non-hydrogen) atoms. The summed E-state index contributed by atoms with van der Waals surface area (Å²) >= 11 is 0. The van der Waals surface area contributed by atoms with Crippen molar-refractivity contribution in [3.8, 4) is 11.1 Å². The Morgan fingerprint density at radius 2 is 1.69 bits per heavy atom. The van der Waals surface area contributed by atoms with Crippen molar-refractivity contribution in [2.75, 3.05) is 26.0 Å². The Hall–Kier alpha value is -4.88. The Morgan fingerprint density at radius 1 is 0.980 bits per heavy atom. The topological polar surface area (TPSA) is 92.2 Å². The number of benzene rings is 2. The molecule has 3 heterocycles. The first-order valence-corrected chi connectivity index (χ1v) is 15.7. The summed E-state index contributed by atoms with van der Waals surface area (Å²) in [4.78, 5) is 39.9. The van der Waals surface area contributed by atoms with Gasteiger partial charge in [-0.2, -0.15) is 13.2 Å². The van der Waals surface area contributed by atoms with Gasteiger partial charge < -0.3 is 24.7 Å². The lowest BCUT2D eigenvalue weighted by molar-refractivity contribution is -0.137. The molecule has 8 nitrogen and oxygen atoms in total. The molecule has 0 bridgehead atoms. The van der Waals surface area contributed by atoms with Crippen molar-refractivity contribution in [2.24, 2.45) is 0 Å². The maximum absolute atomic E-state index is 15.1. The zero-order valence-corrected chi connectivity index (χ0v) is 26.7. The van der Waals surface area contributed by atoms with E-state index in [1.165, 1.54) is 52.9 Å². The number of anilines is 1. The molecule has 1 fully saturated rings. The summed E-state index contributed by atoms with van der Waals surface area (Å²) in [5.74, 6) is -4.33. The van der Waals surface area contributed by atoms with Crippen molar-refractivity contribution in [1.82, 2.24) is 14.6 Å². The van der Waals surface area contributed by atoms with Crippen LogP contribution in [0.15, 0.2) is 66.9 Å². The van der Waals surface area contributed by atoms with Gasteiger partial charge in [-0.25, -0.2) is 8.78 Å². The average Bonchev–Trinajstić information content (AvgIpc) is 3.63. The van der Waals surface area contributed by atoms with E-state index >= 15 is 8.78 Å². The summed E-state index contributed by atoms with van der Waals surface area (Å²) in [6.45, 7) is 0.437. The summed E-state index contributed by atoms with van der Waals surface area (Å²) in [5.41, 5.74) is -1.61. The molecular weight excluding hydrogens is 647 g/mol. The molecule has 2 N–H and O–H groups in total. The van der Waals surface area contributed by atoms with Gasteiger partial charge in [0.1, 0.15) is 17.3 Å². The number of hydrogen-bond acceptors (Lipinski definition) is 5. The highest BCUT2D eigenvalue weighted by molar-refractivity contribution is 6.10. The highest BCUT2D eigenvalue weighted by Crippen LogP contribution is 2.42. The van der Waals surface area contributed by atoms with E-state index in [-0.39, 0.29) is 57.7 Å². The molecule has 1 aliphatic carbocycles. The van der Waals surface area contributed by atoms with Gasteiger partial charge in [-0.15, -0.1) is 0 Å². The number of alkyl halides is 3. The fourth-order valence-corrected chi connectivity index (χ4v) is 6.56. The summed E-state index contributed by atoms with van der Waals surface area (Å²) < 4.78 is 79.6. The third-order valence-electron chi connectivity index (χ3n) is 9.10. The standard InChI is InChI=1S/C36H33F5N4O4/c1-44-19-21-15-27(36(39,40)41)26(18-25(21)35(44)48)24-5-4-14-45-30(24)11-12-31(45)34(47)20-16-28(37)33(29(38)17-20)43-32(46)6-3-13-42-22-7-9-23(49-2)10-8-22/h3-6,11-12,14-18,22-23,42H,7-10,13,19H2,1-2H3,(H,43,46)/b6-3+. The number of carbonyl (C=O) groups excluding carboxylic acids is 3. The van der Waals surface area contributed by atoms with Crippen molar-refractivity contribution in [3.63, 3.8) is 0 Å². The molecule has 1 aliphatic heterocycles. The lowest BCUT2D eigenvalue weighted by Crippen LogP contribution is -2.35. The van der Waals surface area contributed by atoms with E-state index in [1.54, 1.807) is 13.2 Å². The van der Waals surface area contributed by atoms with Gasteiger partial charge in [0.15, 0.2) is 0 Å². The SMILES string of the molecule is COC1CCC(NC/C=C/C(=O)Nc2c(F)cc(C(=O)c3ccc4c(-c5cc6c(cc5C(F)(F)F)CN(C)C6=O)cccn34)cc2F)CC1. The number of hydrogen-bond donors (Lipinski definition) is 2. The fourth-order valence-electron chi connectivity index (χ4n) is 6.56. The van der Waals surface area contributed by atoms with E-state index in [4.69, 9.17) is 4.74 Å². The van der Waals surface area contributed by atoms with Crippen LogP contribution in [-0.4, -0.2) is 59.7 Å². The Labute approximate surface area is 278 Å². The Kier molecular flexibility index (Phi) is 9.41. The molecule has 1 saturated carbocycles. The van der Waals surface area contributed by atoms with E-state index in [0.717, 1.165) is 50.0 Å². The fraction of sp³-hybridized carbons (Fsp3) is 0.306. The van der Waals surface area contributed by atoms with Gasteiger partial charge in [-0.05, 0) is 79.3 Å². The van der Waals surface area contributed by atoms with Crippen molar-refractivity contribution in [2.45, 2.75) is 50.6 Å². The van der Waals surface area contributed by atoms with Gasteiger partial charge in [0.05, 0.1) is 22.9 Å². The van der Waals surface area contributed by atoms with Gasteiger partial charge in [0.2, 0.25) is 11.7 Å². The number of amides is 2. The number of aromatic nitrogens is 1. The van der Waals surface area contributed by atoms with Gasteiger partial charge in [0, 0.05) is 62.3 Å². The number of methoxy groups -OCH3 is 1. The minimum absolute atomic E-state index is 0.0476. The molecule has 2 aliphatic rings. The number of carbonyl (C=O) groups is 3. The molecule has 0 saturated heterocycles. The molecule has 0 atom stereocenters. The van der Waals surface area contributed by atoms with E-state index in [1.807, 2.05) is 0 Å². The van der Waals surface area contributed by atoms with Crippen LogP contribution in [0, 0.1) is 11.6 Å². The summed E-state index contributed by atoms with van der Waals surface area (Å²) in [6.07, 6.45) is 3.43. The summed E-state index contributed by atoms with van der Waals surface area (Å²) in [5, 5.41) is 5.49. The van der Waals surface area contributed by atoms with Gasteiger partial charge >= 0.3 is 6.18 Å². The zero-order chi connectivity index (χ0) is 35.0. The predicted molar refractivity (Wildman–Crippen MR) is 172 cm³/mol. The Bertz CT molecular complexity index is 1950. The molecule has 0 radical (unpaired) electrons. The number of rotatable bonds is 9. The Morgan fingerprint density at radius 3 is 2.37 bits per heavy atom. The molecule has 0 unspecified atom stereocenters. The minimum atomic E-state index is -4.74. The minimum Gasteiger partial charge on any atom is -0.381 e. The molecule has 13 heteroatoms. The first kappa shape index (κ1) is 34.0. The average molecular weight is 681 g/mol. The first-order valence-electron chi connectivity index (χ1n) is 15.7. The van der Waals surface area contributed by atoms with Crippen LogP contribution >= 0.6 is 0 Å². The van der Waals surface area contributed by atoms with Crippen molar-refractivity contribution in [1.29, 1.82) is 0 Å². The van der Waals surface area contributed by atoms with E-state index in [2.05, 4.69) is 10.6 Å². The molecule has 256 valence electrons. The number of pyridine rings is 1. The van der Waals surface area contributed by atoms with Crippen LogP contribution in [0.1, 0.15) is 63.2 Å². The lowest BCUT2D eigenvalue weighted by Gasteiger charge is -2.27. The molecule has 2 aromatic heterocycles. The van der Waals surface area contributed by atoms with Gasteiger partial charge in [0.25, 0.3) is 5.91 Å². The molecule has 4 aromatic rings. The quantitative estimate of drug-likeness (QED) is 0.116. The van der Waals surface area contributed by atoms with Crippen LogP contribution in [0.4, 0.5) is 27.6 Å². The second-order valence-electron chi connectivity index (χ2n) is 12.3. The number of nitrogens with zero attached hydrogens (tertiary/aromatic N) is 2. The summed E-state index contributed by atoms with van der Waals surface area (Å²) in [6, 6.07) is 9.70. The highest BCUT2D eigenvalue weighted by atomic mass is 19.4. The van der Waals surface area contributed by atoms with Crippen LogP contribution in [0.3, 0.4) is 0 Å². The van der Waals surface area contributed by atoms with Crippen LogP contribution in [-0.2, 0) is 22.3 Å². The third kappa shape index (κ3) is 6.86. The number of nitrogens with one attached hydrogen (secondary N) is 2. The van der Waals surface area contributed by atoms with Gasteiger partial charge in [-0.3, -0.25) is 14.4 Å². The van der Waals surface area contributed by atoms with E-state index in [0.29, 0.717) is 6.54 Å². The highest BCUT2D eigenvalue weighted by Gasteiger charge is 2.37.